The van der Waals surface area contributed by atoms with Crippen LogP contribution in [0.4, 0.5) is 0 Å². The predicted octanol–water partition coefficient (Wildman–Crippen LogP) is 3.55. The largest absolute Gasteiger partial charge is 0.299 e. The minimum Gasteiger partial charge on any atom is -0.299 e. The summed E-state index contributed by atoms with van der Waals surface area (Å²) in [6.07, 6.45) is 3.67. The molecule has 0 aromatic carbocycles. The summed E-state index contributed by atoms with van der Waals surface area (Å²) in [4.78, 5) is 16.4. The van der Waals surface area contributed by atoms with Crippen LogP contribution in [0.5, 0.6) is 0 Å². The van der Waals surface area contributed by atoms with Crippen LogP contribution < -0.4 is 0 Å². The maximum Gasteiger partial charge on any atom is 0.136 e. The van der Waals surface area contributed by atoms with Crippen molar-refractivity contribution in [2.45, 2.75) is 44.9 Å². The molecule has 2 nitrogen and oxygen atoms in total. The number of Topliss-reactive ketones (excluding diaryl/α,β-unsaturated/α-hetero) is 1. The molecule has 3 heteroatoms. The van der Waals surface area contributed by atoms with Gasteiger partial charge in [-0.25, -0.2) is 4.98 Å². The maximum absolute atomic E-state index is 11.9. The zero-order valence-electron chi connectivity index (χ0n) is 10.9. The van der Waals surface area contributed by atoms with Gasteiger partial charge in [-0.05, 0) is 42.2 Å². The van der Waals surface area contributed by atoms with Crippen molar-refractivity contribution in [2.24, 2.45) is 11.8 Å². The molecule has 1 unspecified atom stereocenters. The van der Waals surface area contributed by atoms with Crippen LogP contribution in [0.2, 0.25) is 5.15 Å². The van der Waals surface area contributed by atoms with Crippen LogP contribution in [0.3, 0.4) is 0 Å². The Morgan fingerprint density at radius 2 is 2.17 bits per heavy atom. The van der Waals surface area contributed by atoms with Crippen molar-refractivity contribution in [3.8, 4) is 0 Å². The first-order chi connectivity index (χ1) is 8.52. The van der Waals surface area contributed by atoms with Crippen molar-refractivity contribution in [3.05, 3.63) is 28.5 Å². The Morgan fingerprint density at radius 1 is 1.39 bits per heavy atom. The van der Waals surface area contributed by atoms with Crippen molar-refractivity contribution in [1.82, 2.24) is 4.98 Å². The molecular formula is C15H18ClNO. The van der Waals surface area contributed by atoms with Crippen LogP contribution in [-0.4, -0.2) is 10.8 Å². The zero-order chi connectivity index (χ0) is 12.9. The molecule has 2 aliphatic carbocycles. The number of hydrogen-bond donors (Lipinski definition) is 0. The Labute approximate surface area is 113 Å². The SMILES string of the molecule is CC1C(=O)CC[C@]2(C)c3ccc(Cl)nc3CC[C@@H]12. The number of pyridine rings is 1. The molecule has 0 bridgehead atoms. The van der Waals surface area contributed by atoms with E-state index in [2.05, 4.69) is 24.9 Å². The fourth-order valence-electron chi connectivity index (χ4n) is 3.95. The van der Waals surface area contributed by atoms with E-state index >= 15 is 0 Å². The highest BCUT2D eigenvalue weighted by atomic mass is 35.5. The van der Waals surface area contributed by atoms with E-state index in [1.807, 2.05) is 6.07 Å². The third kappa shape index (κ3) is 1.62. The van der Waals surface area contributed by atoms with Gasteiger partial charge in [0.25, 0.3) is 0 Å². The molecule has 3 atom stereocenters. The molecule has 3 rings (SSSR count). The Hall–Kier alpha value is -0.890. The van der Waals surface area contributed by atoms with Gasteiger partial charge in [0.15, 0.2) is 0 Å². The minimum atomic E-state index is 0.110. The van der Waals surface area contributed by atoms with E-state index in [9.17, 15) is 4.79 Å². The molecule has 0 spiro atoms. The highest BCUT2D eigenvalue weighted by Gasteiger charge is 2.48. The van der Waals surface area contributed by atoms with E-state index < -0.39 is 0 Å². The van der Waals surface area contributed by atoms with Crippen molar-refractivity contribution < 1.29 is 4.79 Å². The van der Waals surface area contributed by atoms with E-state index in [0.717, 1.165) is 25.0 Å². The molecule has 0 aliphatic heterocycles. The number of carbonyl (C=O) groups is 1. The second-order valence-electron chi connectivity index (χ2n) is 5.95. The molecule has 2 aliphatic rings. The lowest BCUT2D eigenvalue weighted by Crippen LogP contribution is -2.46. The third-order valence-electron chi connectivity index (χ3n) is 5.07. The van der Waals surface area contributed by atoms with Gasteiger partial charge in [-0.2, -0.15) is 0 Å². The van der Waals surface area contributed by atoms with Gasteiger partial charge in [0.05, 0.1) is 0 Å². The van der Waals surface area contributed by atoms with E-state index in [1.54, 1.807) is 0 Å². The number of ketones is 1. The number of rotatable bonds is 0. The van der Waals surface area contributed by atoms with Crippen LogP contribution in [0.15, 0.2) is 12.1 Å². The first-order valence-electron chi connectivity index (χ1n) is 6.71. The molecule has 18 heavy (non-hydrogen) atoms. The molecule has 0 saturated heterocycles. The standard InChI is InChI=1S/C15H18ClNO/c1-9-10-3-5-12-11(4-6-14(16)17-12)15(10,2)8-7-13(9)18/h4,6,9-10H,3,5,7-8H2,1-2H3/t9?,10-,15-/m0/s1. The Balaban J connectivity index is 2.09. The number of carbonyl (C=O) groups excluding carboxylic acids is 1. The first-order valence-corrected chi connectivity index (χ1v) is 7.09. The molecule has 1 heterocycles. The summed E-state index contributed by atoms with van der Waals surface area (Å²) in [6.45, 7) is 4.40. The molecule has 1 saturated carbocycles. The average Bonchev–Trinajstić information content (AvgIpc) is 2.34. The smallest absolute Gasteiger partial charge is 0.136 e. The molecule has 96 valence electrons. The maximum atomic E-state index is 11.9. The van der Waals surface area contributed by atoms with Crippen molar-refractivity contribution in [3.63, 3.8) is 0 Å². The highest BCUT2D eigenvalue weighted by molar-refractivity contribution is 6.29. The lowest BCUT2D eigenvalue weighted by molar-refractivity contribution is -0.128. The van der Waals surface area contributed by atoms with Gasteiger partial charge in [-0.15, -0.1) is 0 Å². The molecule has 0 radical (unpaired) electrons. The summed E-state index contributed by atoms with van der Waals surface area (Å²) in [5, 5.41) is 0.579. The number of fused-ring (bicyclic) bond motifs is 3. The van der Waals surface area contributed by atoms with E-state index in [4.69, 9.17) is 11.6 Å². The topological polar surface area (TPSA) is 30.0 Å². The number of aromatic nitrogens is 1. The molecule has 0 amide bonds. The number of hydrogen-bond acceptors (Lipinski definition) is 2. The van der Waals surface area contributed by atoms with Crippen LogP contribution in [0.1, 0.15) is 44.4 Å². The number of nitrogens with zero attached hydrogens (tertiary/aromatic N) is 1. The Bertz CT molecular complexity index is 513. The lowest BCUT2D eigenvalue weighted by atomic mass is 9.55. The van der Waals surface area contributed by atoms with E-state index in [-0.39, 0.29) is 11.3 Å². The van der Waals surface area contributed by atoms with Gasteiger partial charge >= 0.3 is 0 Å². The van der Waals surface area contributed by atoms with Gasteiger partial charge < -0.3 is 0 Å². The van der Waals surface area contributed by atoms with E-state index in [0.29, 0.717) is 23.3 Å². The number of aryl methyl sites for hydroxylation is 1. The van der Waals surface area contributed by atoms with E-state index in [1.165, 1.54) is 5.56 Å². The van der Waals surface area contributed by atoms with Crippen molar-refractivity contribution in [2.75, 3.05) is 0 Å². The monoisotopic (exact) mass is 263 g/mol. The molecular weight excluding hydrogens is 246 g/mol. The van der Waals surface area contributed by atoms with Gasteiger partial charge in [0.2, 0.25) is 0 Å². The molecule has 1 aromatic rings. The average molecular weight is 264 g/mol. The van der Waals surface area contributed by atoms with Gasteiger partial charge in [-0.1, -0.05) is 31.5 Å². The normalized spacial score (nSPS) is 34.9. The first kappa shape index (κ1) is 12.2. The third-order valence-corrected chi connectivity index (χ3v) is 5.28. The summed E-state index contributed by atoms with van der Waals surface area (Å²) in [5.74, 6) is 1.09. The molecule has 0 N–H and O–H groups in total. The molecule has 1 aromatic heterocycles. The summed E-state index contributed by atoms with van der Waals surface area (Å²) < 4.78 is 0. The lowest BCUT2D eigenvalue weighted by Gasteiger charge is -2.48. The highest BCUT2D eigenvalue weighted by Crippen LogP contribution is 2.50. The quantitative estimate of drug-likeness (QED) is 0.670. The van der Waals surface area contributed by atoms with Crippen molar-refractivity contribution >= 4 is 17.4 Å². The van der Waals surface area contributed by atoms with Crippen LogP contribution in [0, 0.1) is 11.8 Å². The van der Waals surface area contributed by atoms with Gasteiger partial charge in [-0.3, -0.25) is 4.79 Å². The number of halogens is 1. The summed E-state index contributed by atoms with van der Waals surface area (Å²) >= 11 is 5.98. The summed E-state index contributed by atoms with van der Waals surface area (Å²) in [6, 6.07) is 4.01. The van der Waals surface area contributed by atoms with Crippen molar-refractivity contribution in [1.29, 1.82) is 0 Å². The fourth-order valence-corrected chi connectivity index (χ4v) is 4.12. The molecule has 1 fully saturated rings. The van der Waals surface area contributed by atoms with Crippen LogP contribution in [0.25, 0.3) is 0 Å². The van der Waals surface area contributed by atoms with Gasteiger partial charge in [0, 0.05) is 18.0 Å². The zero-order valence-corrected chi connectivity index (χ0v) is 11.6. The predicted molar refractivity (Wildman–Crippen MR) is 71.8 cm³/mol. The second kappa shape index (κ2) is 4.06. The van der Waals surface area contributed by atoms with Crippen LogP contribution >= 0.6 is 11.6 Å². The second-order valence-corrected chi connectivity index (χ2v) is 6.33. The van der Waals surface area contributed by atoms with Crippen LogP contribution in [-0.2, 0) is 16.6 Å². The Kier molecular flexibility index (Phi) is 2.74. The Morgan fingerprint density at radius 3 is 2.94 bits per heavy atom. The fraction of sp³-hybridized carbons (Fsp3) is 0.600. The summed E-state index contributed by atoms with van der Waals surface area (Å²) in [7, 11) is 0. The van der Waals surface area contributed by atoms with Gasteiger partial charge in [0.1, 0.15) is 10.9 Å². The minimum absolute atomic E-state index is 0.110. The summed E-state index contributed by atoms with van der Waals surface area (Å²) in [5.41, 5.74) is 2.57.